The Balaban J connectivity index is 2.01. The number of hydrogen-bond acceptors (Lipinski definition) is 6. The van der Waals surface area contributed by atoms with Crippen LogP contribution in [0.2, 0.25) is 0 Å². The van der Waals surface area contributed by atoms with Crippen molar-refractivity contribution >= 4 is 25.7 Å². The third-order valence-corrected chi connectivity index (χ3v) is 6.29. The Labute approximate surface area is 152 Å². The normalized spacial score (nSPS) is 14.1. The van der Waals surface area contributed by atoms with Crippen molar-refractivity contribution in [3.63, 3.8) is 0 Å². The first kappa shape index (κ1) is 18.5. The Bertz CT molecular complexity index is 1080. The van der Waals surface area contributed by atoms with Gasteiger partial charge in [0.1, 0.15) is 13.2 Å². The smallest absolute Gasteiger partial charge is 0.262 e. The standard InChI is InChI=1S/C16H18N2O6S2/c1-10-7-13(25(17,19)20)8-14(11(10)2)18-26(21,22)12-3-4-15-16(9-12)24-6-5-23-15/h3-4,7-9,18H,5-6H2,1-2H3,(H2,17,19,20). The van der Waals surface area contributed by atoms with Crippen LogP contribution in [0.25, 0.3) is 0 Å². The number of primary sulfonamides is 1. The van der Waals surface area contributed by atoms with Crippen molar-refractivity contribution in [3.8, 4) is 11.5 Å². The van der Waals surface area contributed by atoms with Gasteiger partial charge >= 0.3 is 0 Å². The number of nitrogens with two attached hydrogens (primary N) is 1. The molecule has 3 N–H and O–H groups in total. The molecule has 2 aromatic rings. The van der Waals surface area contributed by atoms with Crippen molar-refractivity contribution in [1.29, 1.82) is 0 Å². The van der Waals surface area contributed by atoms with Gasteiger partial charge < -0.3 is 9.47 Å². The predicted molar refractivity (Wildman–Crippen MR) is 95.5 cm³/mol. The maximum atomic E-state index is 12.7. The first-order valence-electron chi connectivity index (χ1n) is 7.64. The molecule has 0 atom stereocenters. The minimum atomic E-state index is -3.97. The van der Waals surface area contributed by atoms with Crippen LogP contribution >= 0.6 is 0 Å². The van der Waals surface area contributed by atoms with Gasteiger partial charge in [0.05, 0.1) is 15.5 Å². The number of ether oxygens (including phenoxy) is 2. The summed E-state index contributed by atoms with van der Waals surface area (Å²) in [5.41, 5.74) is 1.33. The van der Waals surface area contributed by atoms with Crippen LogP contribution in [-0.4, -0.2) is 30.0 Å². The van der Waals surface area contributed by atoms with Crippen molar-refractivity contribution < 1.29 is 26.3 Å². The molecule has 1 aliphatic rings. The molecule has 0 aliphatic carbocycles. The Kier molecular flexibility index (Phi) is 4.59. The van der Waals surface area contributed by atoms with Gasteiger partial charge in [0.15, 0.2) is 11.5 Å². The van der Waals surface area contributed by atoms with Crippen molar-refractivity contribution in [2.75, 3.05) is 17.9 Å². The number of sulfonamides is 2. The van der Waals surface area contributed by atoms with Crippen LogP contribution in [0.4, 0.5) is 5.69 Å². The van der Waals surface area contributed by atoms with E-state index < -0.39 is 20.0 Å². The molecule has 0 aromatic heterocycles. The second-order valence-electron chi connectivity index (χ2n) is 5.87. The summed E-state index contributed by atoms with van der Waals surface area (Å²) in [5, 5.41) is 5.16. The van der Waals surface area contributed by atoms with Crippen LogP contribution in [0.1, 0.15) is 11.1 Å². The second kappa shape index (κ2) is 6.45. The van der Waals surface area contributed by atoms with Gasteiger partial charge in [-0.1, -0.05) is 0 Å². The molecule has 0 saturated carbocycles. The van der Waals surface area contributed by atoms with Gasteiger partial charge in [0, 0.05) is 6.07 Å². The summed E-state index contributed by atoms with van der Waals surface area (Å²) in [7, 11) is -7.94. The van der Waals surface area contributed by atoms with E-state index in [9.17, 15) is 16.8 Å². The largest absolute Gasteiger partial charge is 0.486 e. The molecule has 26 heavy (non-hydrogen) atoms. The number of fused-ring (bicyclic) bond motifs is 1. The average Bonchev–Trinajstić information content (AvgIpc) is 2.57. The zero-order valence-electron chi connectivity index (χ0n) is 14.1. The molecule has 0 bridgehead atoms. The van der Waals surface area contributed by atoms with Crippen LogP contribution in [-0.2, 0) is 20.0 Å². The molecule has 140 valence electrons. The average molecular weight is 398 g/mol. The van der Waals surface area contributed by atoms with Crippen LogP contribution in [0.15, 0.2) is 40.1 Å². The molecule has 0 amide bonds. The van der Waals surface area contributed by atoms with E-state index in [1.165, 1.54) is 30.3 Å². The summed E-state index contributed by atoms with van der Waals surface area (Å²) in [4.78, 5) is -0.194. The third-order valence-electron chi connectivity index (χ3n) is 4.04. The number of rotatable bonds is 4. The minimum absolute atomic E-state index is 0.0280. The summed E-state index contributed by atoms with van der Waals surface area (Å²) >= 11 is 0. The van der Waals surface area contributed by atoms with Crippen molar-refractivity contribution in [2.45, 2.75) is 23.6 Å². The molecule has 1 aliphatic heterocycles. The topological polar surface area (TPSA) is 125 Å². The SMILES string of the molecule is Cc1cc(S(N)(=O)=O)cc(NS(=O)(=O)c2ccc3c(c2)OCCO3)c1C. The maximum absolute atomic E-state index is 12.7. The second-order valence-corrected chi connectivity index (χ2v) is 9.11. The van der Waals surface area contributed by atoms with E-state index in [2.05, 4.69) is 4.72 Å². The Morgan fingerprint density at radius 1 is 0.923 bits per heavy atom. The van der Waals surface area contributed by atoms with Gasteiger partial charge in [-0.15, -0.1) is 0 Å². The fraction of sp³-hybridized carbons (Fsp3) is 0.250. The highest BCUT2D eigenvalue weighted by Gasteiger charge is 2.21. The van der Waals surface area contributed by atoms with Crippen LogP contribution in [0.5, 0.6) is 11.5 Å². The van der Waals surface area contributed by atoms with Gasteiger partial charge in [-0.25, -0.2) is 22.0 Å². The molecule has 0 spiro atoms. The predicted octanol–water partition coefficient (Wildman–Crippen LogP) is 1.52. The molecular weight excluding hydrogens is 380 g/mol. The highest BCUT2D eigenvalue weighted by molar-refractivity contribution is 7.92. The number of anilines is 1. The minimum Gasteiger partial charge on any atom is -0.486 e. The molecule has 0 saturated heterocycles. The number of hydrogen-bond donors (Lipinski definition) is 2. The lowest BCUT2D eigenvalue weighted by molar-refractivity contribution is 0.171. The third kappa shape index (κ3) is 3.62. The van der Waals surface area contributed by atoms with Crippen LogP contribution in [0, 0.1) is 13.8 Å². The monoisotopic (exact) mass is 398 g/mol. The first-order chi connectivity index (χ1) is 12.1. The Hall–Kier alpha value is -2.30. The van der Waals surface area contributed by atoms with Crippen molar-refractivity contribution in [1.82, 2.24) is 0 Å². The molecule has 0 fully saturated rings. The van der Waals surface area contributed by atoms with Gasteiger partial charge in [-0.05, 0) is 49.2 Å². The lowest BCUT2D eigenvalue weighted by Gasteiger charge is -2.19. The fourth-order valence-corrected chi connectivity index (χ4v) is 4.24. The quantitative estimate of drug-likeness (QED) is 0.804. The van der Waals surface area contributed by atoms with E-state index in [0.717, 1.165) is 0 Å². The zero-order chi connectivity index (χ0) is 19.1. The number of nitrogens with one attached hydrogen (secondary N) is 1. The van der Waals surface area contributed by atoms with E-state index in [0.29, 0.717) is 35.8 Å². The zero-order valence-corrected chi connectivity index (χ0v) is 15.8. The highest BCUT2D eigenvalue weighted by atomic mass is 32.2. The summed E-state index contributed by atoms with van der Waals surface area (Å²) in [6, 6.07) is 6.87. The van der Waals surface area contributed by atoms with Crippen LogP contribution < -0.4 is 19.3 Å². The van der Waals surface area contributed by atoms with Gasteiger partial charge in [0.2, 0.25) is 10.0 Å². The maximum Gasteiger partial charge on any atom is 0.262 e. The first-order valence-corrected chi connectivity index (χ1v) is 10.7. The Morgan fingerprint density at radius 3 is 2.23 bits per heavy atom. The van der Waals surface area contributed by atoms with Gasteiger partial charge in [-0.2, -0.15) is 0 Å². The van der Waals surface area contributed by atoms with Crippen molar-refractivity contribution in [3.05, 3.63) is 41.5 Å². The molecule has 1 heterocycles. The lowest BCUT2D eigenvalue weighted by Crippen LogP contribution is -2.18. The summed E-state index contributed by atoms with van der Waals surface area (Å²) in [5.74, 6) is 0.809. The summed E-state index contributed by atoms with van der Waals surface area (Å²) in [6.45, 7) is 4.09. The van der Waals surface area contributed by atoms with Crippen LogP contribution in [0.3, 0.4) is 0 Å². The fourth-order valence-electron chi connectivity index (χ4n) is 2.49. The van der Waals surface area contributed by atoms with E-state index in [1.807, 2.05) is 0 Å². The molecule has 0 radical (unpaired) electrons. The lowest BCUT2D eigenvalue weighted by atomic mass is 10.1. The van der Waals surface area contributed by atoms with E-state index in [1.54, 1.807) is 13.8 Å². The van der Waals surface area contributed by atoms with Gasteiger partial charge in [-0.3, -0.25) is 4.72 Å². The van der Waals surface area contributed by atoms with E-state index >= 15 is 0 Å². The molecule has 0 unspecified atom stereocenters. The summed E-state index contributed by atoms with van der Waals surface area (Å²) < 4.78 is 61.9. The van der Waals surface area contributed by atoms with Crippen molar-refractivity contribution in [2.24, 2.45) is 5.14 Å². The molecule has 3 rings (SSSR count). The molecular formula is C16H18N2O6S2. The van der Waals surface area contributed by atoms with E-state index in [4.69, 9.17) is 14.6 Å². The highest BCUT2D eigenvalue weighted by Crippen LogP contribution is 2.33. The number of aryl methyl sites for hydroxylation is 1. The molecule has 8 nitrogen and oxygen atoms in total. The summed E-state index contributed by atoms with van der Waals surface area (Å²) in [6.07, 6.45) is 0. The Morgan fingerprint density at radius 2 is 1.58 bits per heavy atom. The van der Waals surface area contributed by atoms with E-state index in [-0.39, 0.29) is 15.5 Å². The number of benzene rings is 2. The molecule has 10 heteroatoms. The van der Waals surface area contributed by atoms with Gasteiger partial charge in [0.25, 0.3) is 10.0 Å². The molecule has 2 aromatic carbocycles.